The van der Waals surface area contributed by atoms with Crippen LogP contribution >= 0.6 is 27.5 Å². The van der Waals surface area contributed by atoms with Crippen LogP contribution in [-0.4, -0.2) is 5.16 Å². The zero-order valence-corrected chi connectivity index (χ0v) is 11.0. The van der Waals surface area contributed by atoms with Crippen molar-refractivity contribution in [2.75, 3.05) is 5.73 Å². The molecule has 0 radical (unpaired) electrons. The van der Waals surface area contributed by atoms with Gasteiger partial charge in [0.15, 0.2) is 0 Å². The number of nitrogens with zero attached hydrogens (tertiary/aromatic N) is 1. The fourth-order valence-electron chi connectivity index (χ4n) is 1.56. The average Bonchev–Trinajstić information content (AvgIpc) is 2.63. The molecule has 1 aromatic carbocycles. The maximum absolute atomic E-state index is 6.20. The van der Waals surface area contributed by atoms with Gasteiger partial charge in [-0.3, -0.25) is 0 Å². The first-order valence-corrected chi connectivity index (χ1v) is 6.00. The summed E-state index contributed by atoms with van der Waals surface area (Å²) in [6, 6.07) is 5.67. The molecule has 3 nitrogen and oxygen atoms in total. The molecule has 0 atom stereocenters. The van der Waals surface area contributed by atoms with Gasteiger partial charge >= 0.3 is 0 Å². The number of nitrogens with two attached hydrogens (primary N) is 1. The monoisotopic (exact) mass is 300 g/mol. The van der Waals surface area contributed by atoms with Gasteiger partial charge in [-0.15, -0.1) is 0 Å². The Labute approximate surface area is 107 Å². The second-order valence-electron chi connectivity index (χ2n) is 3.33. The molecule has 0 unspecified atom stereocenters. The van der Waals surface area contributed by atoms with Crippen molar-refractivity contribution in [3.63, 3.8) is 0 Å². The van der Waals surface area contributed by atoms with Gasteiger partial charge in [-0.1, -0.05) is 35.8 Å². The van der Waals surface area contributed by atoms with Gasteiger partial charge in [0.1, 0.15) is 5.69 Å². The average molecular weight is 302 g/mol. The summed E-state index contributed by atoms with van der Waals surface area (Å²) in [5.74, 6) is 0.355. The summed E-state index contributed by atoms with van der Waals surface area (Å²) < 4.78 is 5.82. The lowest BCUT2D eigenvalue weighted by Crippen LogP contribution is -1.90. The Morgan fingerprint density at radius 2 is 2.25 bits per heavy atom. The Hall–Kier alpha value is -1.00. The van der Waals surface area contributed by atoms with Crippen LogP contribution in [-0.2, 0) is 6.42 Å². The van der Waals surface area contributed by atoms with E-state index in [1.807, 2.05) is 25.1 Å². The van der Waals surface area contributed by atoms with E-state index in [9.17, 15) is 0 Å². The molecule has 2 aromatic rings. The number of benzene rings is 1. The van der Waals surface area contributed by atoms with Crippen molar-refractivity contribution in [3.8, 4) is 11.3 Å². The molecule has 0 fully saturated rings. The SMILES string of the molecule is CCc1c(-c2cccc(Br)c2Cl)noc1N. The molecule has 0 saturated heterocycles. The van der Waals surface area contributed by atoms with Gasteiger partial charge in [0.2, 0.25) is 5.88 Å². The Morgan fingerprint density at radius 3 is 2.94 bits per heavy atom. The van der Waals surface area contributed by atoms with Crippen LogP contribution in [0.5, 0.6) is 0 Å². The molecule has 0 aliphatic heterocycles. The molecule has 0 spiro atoms. The van der Waals surface area contributed by atoms with E-state index in [-0.39, 0.29) is 0 Å². The third kappa shape index (κ3) is 1.83. The number of rotatable bonds is 2. The Balaban J connectivity index is 2.63. The van der Waals surface area contributed by atoms with E-state index in [0.717, 1.165) is 22.0 Å². The molecule has 1 heterocycles. The Kier molecular flexibility index (Phi) is 3.21. The van der Waals surface area contributed by atoms with Crippen LogP contribution in [0.2, 0.25) is 5.02 Å². The smallest absolute Gasteiger partial charge is 0.225 e. The van der Waals surface area contributed by atoms with Crippen LogP contribution in [0.15, 0.2) is 27.2 Å². The maximum Gasteiger partial charge on any atom is 0.225 e. The highest BCUT2D eigenvalue weighted by molar-refractivity contribution is 9.10. The number of anilines is 1. The lowest BCUT2D eigenvalue weighted by Gasteiger charge is -2.03. The predicted molar refractivity (Wildman–Crippen MR) is 68.4 cm³/mol. The van der Waals surface area contributed by atoms with Crippen molar-refractivity contribution in [2.45, 2.75) is 13.3 Å². The van der Waals surface area contributed by atoms with Gasteiger partial charge in [-0.2, -0.15) is 0 Å². The summed E-state index contributed by atoms with van der Waals surface area (Å²) in [6.45, 7) is 2.00. The van der Waals surface area contributed by atoms with E-state index < -0.39 is 0 Å². The Morgan fingerprint density at radius 1 is 1.50 bits per heavy atom. The normalized spacial score (nSPS) is 10.7. The second kappa shape index (κ2) is 4.47. The first-order valence-electron chi connectivity index (χ1n) is 4.83. The van der Waals surface area contributed by atoms with Crippen molar-refractivity contribution in [3.05, 3.63) is 33.3 Å². The largest absolute Gasteiger partial charge is 0.367 e. The van der Waals surface area contributed by atoms with Crippen molar-refractivity contribution in [1.82, 2.24) is 5.16 Å². The minimum absolute atomic E-state index is 0.355. The summed E-state index contributed by atoms with van der Waals surface area (Å²) in [7, 11) is 0. The van der Waals surface area contributed by atoms with Gasteiger partial charge < -0.3 is 10.3 Å². The highest BCUT2D eigenvalue weighted by Crippen LogP contribution is 2.36. The first-order chi connectivity index (χ1) is 7.65. The highest BCUT2D eigenvalue weighted by atomic mass is 79.9. The minimum atomic E-state index is 0.355. The molecular weight excluding hydrogens is 291 g/mol. The lowest BCUT2D eigenvalue weighted by molar-refractivity contribution is 0.438. The molecule has 0 saturated carbocycles. The van der Waals surface area contributed by atoms with E-state index >= 15 is 0 Å². The van der Waals surface area contributed by atoms with Crippen LogP contribution in [0, 0.1) is 0 Å². The maximum atomic E-state index is 6.20. The molecule has 1 aromatic heterocycles. The van der Waals surface area contributed by atoms with Gasteiger partial charge in [0.25, 0.3) is 0 Å². The molecule has 2 rings (SSSR count). The van der Waals surface area contributed by atoms with E-state index in [2.05, 4.69) is 21.1 Å². The number of aromatic nitrogens is 1. The lowest BCUT2D eigenvalue weighted by atomic mass is 10.1. The van der Waals surface area contributed by atoms with Crippen LogP contribution < -0.4 is 5.73 Å². The number of hydrogen-bond acceptors (Lipinski definition) is 3. The van der Waals surface area contributed by atoms with Crippen LogP contribution in [0.4, 0.5) is 5.88 Å². The third-order valence-corrected chi connectivity index (χ3v) is 3.68. The molecular formula is C11H10BrClN2O. The van der Waals surface area contributed by atoms with Crippen molar-refractivity contribution in [1.29, 1.82) is 0 Å². The van der Waals surface area contributed by atoms with Gasteiger partial charge in [-0.05, 0) is 28.4 Å². The summed E-state index contributed by atoms with van der Waals surface area (Å²) in [4.78, 5) is 0. The summed E-state index contributed by atoms with van der Waals surface area (Å²) in [5.41, 5.74) is 8.12. The van der Waals surface area contributed by atoms with Crippen LogP contribution in [0.1, 0.15) is 12.5 Å². The van der Waals surface area contributed by atoms with Gasteiger partial charge in [0.05, 0.1) is 5.02 Å². The molecule has 5 heteroatoms. The molecule has 0 aliphatic rings. The van der Waals surface area contributed by atoms with Gasteiger partial charge in [-0.25, -0.2) is 0 Å². The Bertz CT molecular complexity index is 525. The first kappa shape index (κ1) is 11.5. The number of hydrogen-bond donors (Lipinski definition) is 1. The van der Waals surface area contributed by atoms with E-state index in [1.54, 1.807) is 0 Å². The molecule has 84 valence electrons. The van der Waals surface area contributed by atoms with Crippen molar-refractivity contribution < 1.29 is 4.52 Å². The van der Waals surface area contributed by atoms with Crippen LogP contribution in [0.25, 0.3) is 11.3 Å². The zero-order chi connectivity index (χ0) is 11.7. The topological polar surface area (TPSA) is 52.0 Å². The second-order valence-corrected chi connectivity index (χ2v) is 4.56. The highest BCUT2D eigenvalue weighted by Gasteiger charge is 2.16. The fraction of sp³-hybridized carbons (Fsp3) is 0.182. The third-order valence-electron chi connectivity index (χ3n) is 2.38. The molecule has 0 aliphatic carbocycles. The number of nitrogen functional groups attached to an aromatic ring is 1. The van der Waals surface area contributed by atoms with Gasteiger partial charge in [0, 0.05) is 15.6 Å². The fourth-order valence-corrected chi connectivity index (χ4v) is 2.14. The summed E-state index contributed by atoms with van der Waals surface area (Å²) in [6.07, 6.45) is 0.757. The quantitative estimate of drug-likeness (QED) is 0.915. The summed E-state index contributed by atoms with van der Waals surface area (Å²) >= 11 is 9.57. The van der Waals surface area contributed by atoms with Crippen LogP contribution in [0.3, 0.4) is 0 Å². The summed E-state index contributed by atoms with van der Waals surface area (Å²) in [5, 5.41) is 4.57. The predicted octanol–water partition coefficient (Wildman–Crippen LogP) is 3.90. The van der Waals surface area contributed by atoms with E-state index in [4.69, 9.17) is 21.9 Å². The molecule has 0 bridgehead atoms. The van der Waals surface area contributed by atoms with Crippen molar-refractivity contribution in [2.24, 2.45) is 0 Å². The standard InChI is InChI=1S/C11H10BrClN2O/c1-2-6-10(15-16-11(6)14)7-4-3-5-8(12)9(7)13/h3-5H,2,14H2,1H3. The zero-order valence-electron chi connectivity index (χ0n) is 8.63. The van der Waals surface area contributed by atoms with E-state index in [1.165, 1.54) is 0 Å². The minimum Gasteiger partial charge on any atom is -0.367 e. The molecule has 16 heavy (non-hydrogen) atoms. The molecule has 2 N–H and O–H groups in total. The molecule has 0 amide bonds. The van der Waals surface area contributed by atoms with Crippen molar-refractivity contribution >= 4 is 33.4 Å². The number of halogens is 2. The van der Waals surface area contributed by atoms with E-state index in [0.29, 0.717) is 16.6 Å².